The van der Waals surface area contributed by atoms with Gasteiger partial charge in [-0.25, -0.2) is 4.90 Å². The number of imide groups is 1. The van der Waals surface area contributed by atoms with Crippen molar-refractivity contribution in [3.8, 4) is 5.75 Å². The summed E-state index contributed by atoms with van der Waals surface area (Å²) in [4.78, 5) is 29.5. The minimum atomic E-state index is -0.397. The van der Waals surface area contributed by atoms with Gasteiger partial charge in [-0.2, -0.15) is 0 Å². The van der Waals surface area contributed by atoms with Crippen LogP contribution in [0.5, 0.6) is 5.75 Å². The number of benzene rings is 1. The normalized spacial score (nSPS) is 13.6. The fraction of sp³-hybridized carbons (Fsp3) is 0.0714. The molecule has 1 aromatic heterocycles. The van der Waals surface area contributed by atoms with Gasteiger partial charge in [0.1, 0.15) is 11.4 Å². The molecule has 0 N–H and O–H groups in total. The van der Waals surface area contributed by atoms with Crippen LogP contribution in [-0.4, -0.2) is 23.9 Å². The smallest absolute Gasteiger partial charge is 0.284 e. The van der Waals surface area contributed by atoms with E-state index in [1.807, 2.05) is 0 Å². The number of nitrogens with zero attached hydrogens (tertiary/aromatic N) is 2. The SMILES string of the molecule is COc1ccc(N2C(=O)c3cccnc3C2=O)cc1. The van der Waals surface area contributed by atoms with Crippen molar-refractivity contribution in [2.24, 2.45) is 0 Å². The molecule has 2 aromatic rings. The van der Waals surface area contributed by atoms with Crippen molar-refractivity contribution in [3.05, 3.63) is 53.9 Å². The largest absolute Gasteiger partial charge is 0.497 e. The lowest BCUT2D eigenvalue weighted by Crippen LogP contribution is -2.29. The second-order valence-electron chi connectivity index (χ2n) is 4.04. The lowest BCUT2D eigenvalue weighted by atomic mass is 10.2. The van der Waals surface area contributed by atoms with Gasteiger partial charge in [0.15, 0.2) is 0 Å². The topological polar surface area (TPSA) is 59.5 Å². The van der Waals surface area contributed by atoms with E-state index in [2.05, 4.69) is 4.98 Å². The first-order chi connectivity index (χ1) is 9.22. The molecule has 2 heterocycles. The second-order valence-corrected chi connectivity index (χ2v) is 4.04. The Morgan fingerprint density at radius 3 is 2.42 bits per heavy atom. The predicted octanol–water partition coefficient (Wildman–Crippen LogP) is 1.89. The number of hydrogen-bond acceptors (Lipinski definition) is 4. The highest BCUT2D eigenvalue weighted by atomic mass is 16.5. The Bertz CT molecular complexity index is 630. The van der Waals surface area contributed by atoms with Crippen LogP contribution in [0.25, 0.3) is 0 Å². The first-order valence-corrected chi connectivity index (χ1v) is 5.70. The first-order valence-electron chi connectivity index (χ1n) is 5.70. The van der Waals surface area contributed by atoms with Crippen molar-refractivity contribution in [1.29, 1.82) is 0 Å². The third kappa shape index (κ3) is 1.67. The van der Waals surface area contributed by atoms with E-state index in [0.717, 1.165) is 4.90 Å². The lowest BCUT2D eigenvalue weighted by molar-refractivity contribution is 0.0924. The Hall–Kier alpha value is -2.69. The van der Waals surface area contributed by atoms with E-state index < -0.39 is 5.91 Å². The maximum absolute atomic E-state index is 12.2. The summed E-state index contributed by atoms with van der Waals surface area (Å²) in [6, 6.07) is 9.98. The second kappa shape index (κ2) is 4.20. The molecule has 3 rings (SSSR count). The molecular weight excluding hydrogens is 244 g/mol. The van der Waals surface area contributed by atoms with Crippen LogP contribution in [0.1, 0.15) is 20.8 Å². The lowest BCUT2D eigenvalue weighted by Gasteiger charge is -2.13. The van der Waals surface area contributed by atoms with Gasteiger partial charge in [-0.05, 0) is 36.4 Å². The van der Waals surface area contributed by atoms with Gasteiger partial charge in [-0.1, -0.05) is 0 Å². The number of carbonyl (C=O) groups excluding carboxylic acids is 2. The molecule has 0 spiro atoms. The van der Waals surface area contributed by atoms with Crippen LogP contribution in [0.15, 0.2) is 42.6 Å². The molecule has 94 valence electrons. The quantitative estimate of drug-likeness (QED) is 0.768. The molecule has 19 heavy (non-hydrogen) atoms. The molecule has 0 unspecified atom stereocenters. The Labute approximate surface area is 109 Å². The third-order valence-electron chi connectivity index (χ3n) is 2.98. The van der Waals surface area contributed by atoms with Crippen molar-refractivity contribution in [2.45, 2.75) is 0 Å². The molecule has 0 saturated carbocycles. The number of hydrogen-bond donors (Lipinski definition) is 0. The van der Waals surface area contributed by atoms with Crippen LogP contribution >= 0.6 is 0 Å². The standard InChI is InChI=1S/C14H10N2O3/c1-19-10-6-4-9(5-7-10)16-13(17)11-3-2-8-15-12(11)14(16)18/h2-8H,1H3. The zero-order valence-corrected chi connectivity index (χ0v) is 10.2. The minimum absolute atomic E-state index is 0.198. The number of carbonyl (C=O) groups is 2. The van der Waals surface area contributed by atoms with Crippen LogP contribution in [0, 0.1) is 0 Å². The molecule has 0 bridgehead atoms. The summed E-state index contributed by atoms with van der Waals surface area (Å²) in [6.45, 7) is 0. The summed E-state index contributed by atoms with van der Waals surface area (Å²) in [5.41, 5.74) is 1.04. The van der Waals surface area contributed by atoms with E-state index in [1.54, 1.807) is 43.5 Å². The van der Waals surface area contributed by atoms with Crippen LogP contribution in [0.2, 0.25) is 0 Å². The van der Waals surface area contributed by atoms with Crippen molar-refractivity contribution >= 4 is 17.5 Å². The Morgan fingerprint density at radius 2 is 1.79 bits per heavy atom. The van der Waals surface area contributed by atoms with E-state index in [4.69, 9.17) is 4.74 Å². The monoisotopic (exact) mass is 254 g/mol. The Kier molecular flexibility index (Phi) is 2.52. The highest BCUT2D eigenvalue weighted by Crippen LogP contribution is 2.28. The number of fused-ring (bicyclic) bond motifs is 1. The Morgan fingerprint density at radius 1 is 1.05 bits per heavy atom. The molecule has 1 aliphatic rings. The summed E-state index contributed by atoms with van der Waals surface area (Å²) in [5, 5.41) is 0. The number of methoxy groups -OCH3 is 1. The van der Waals surface area contributed by atoms with Gasteiger partial charge in [0.25, 0.3) is 11.8 Å². The van der Waals surface area contributed by atoms with Crippen LogP contribution in [0.4, 0.5) is 5.69 Å². The number of amides is 2. The molecular formula is C14H10N2O3. The van der Waals surface area contributed by atoms with Crippen LogP contribution in [-0.2, 0) is 0 Å². The average Bonchev–Trinajstić information content (AvgIpc) is 2.72. The fourth-order valence-corrected chi connectivity index (χ4v) is 2.03. The number of pyridine rings is 1. The summed E-state index contributed by atoms with van der Waals surface area (Å²) in [5.74, 6) is -0.0810. The maximum atomic E-state index is 12.2. The van der Waals surface area contributed by atoms with E-state index in [-0.39, 0.29) is 11.6 Å². The van der Waals surface area contributed by atoms with Crippen molar-refractivity contribution in [3.63, 3.8) is 0 Å². The predicted molar refractivity (Wildman–Crippen MR) is 68.4 cm³/mol. The van der Waals surface area contributed by atoms with Gasteiger partial charge in [-0.15, -0.1) is 0 Å². The highest BCUT2D eigenvalue weighted by molar-refractivity contribution is 6.33. The van der Waals surface area contributed by atoms with Gasteiger partial charge in [0, 0.05) is 6.20 Å². The summed E-state index contributed by atoms with van der Waals surface area (Å²) in [6.07, 6.45) is 1.50. The number of ether oxygens (including phenoxy) is 1. The number of rotatable bonds is 2. The zero-order valence-electron chi connectivity index (χ0n) is 10.2. The molecule has 5 heteroatoms. The molecule has 0 fully saturated rings. The van der Waals surface area contributed by atoms with Gasteiger partial charge in [-0.3, -0.25) is 14.6 Å². The number of aromatic nitrogens is 1. The summed E-state index contributed by atoms with van der Waals surface area (Å²) >= 11 is 0. The summed E-state index contributed by atoms with van der Waals surface area (Å²) in [7, 11) is 1.56. The highest BCUT2D eigenvalue weighted by Gasteiger charge is 2.37. The fourth-order valence-electron chi connectivity index (χ4n) is 2.03. The van der Waals surface area contributed by atoms with Crippen LogP contribution in [0.3, 0.4) is 0 Å². The third-order valence-corrected chi connectivity index (χ3v) is 2.98. The maximum Gasteiger partial charge on any atom is 0.284 e. The molecule has 0 atom stereocenters. The van der Waals surface area contributed by atoms with Crippen molar-refractivity contribution < 1.29 is 14.3 Å². The van der Waals surface area contributed by atoms with E-state index in [0.29, 0.717) is 17.0 Å². The zero-order chi connectivity index (χ0) is 13.4. The van der Waals surface area contributed by atoms with E-state index in [9.17, 15) is 9.59 Å². The van der Waals surface area contributed by atoms with Crippen molar-refractivity contribution in [2.75, 3.05) is 12.0 Å². The van der Waals surface area contributed by atoms with Crippen molar-refractivity contribution in [1.82, 2.24) is 4.98 Å². The molecule has 2 amide bonds. The molecule has 0 aliphatic carbocycles. The van der Waals surface area contributed by atoms with Gasteiger partial charge in [0.2, 0.25) is 0 Å². The van der Waals surface area contributed by atoms with E-state index in [1.165, 1.54) is 6.20 Å². The molecule has 1 aromatic carbocycles. The number of anilines is 1. The van der Waals surface area contributed by atoms with Gasteiger partial charge >= 0.3 is 0 Å². The minimum Gasteiger partial charge on any atom is -0.497 e. The van der Waals surface area contributed by atoms with E-state index >= 15 is 0 Å². The summed E-state index contributed by atoms with van der Waals surface area (Å²) < 4.78 is 5.05. The average molecular weight is 254 g/mol. The van der Waals surface area contributed by atoms with Gasteiger partial charge in [0.05, 0.1) is 18.4 Å². The molecule has 0 radical (unpaired) electrons. The molecule has 0 saturated heterocycles. The van der Waals surface area contributed by atoms with Crippen LogP contribution < -0.4 is 9.64 Å². The Balaban J connectivity index is 2.03. The first kappa shape index (κ1) is 11.4. The molecule has 1 aliphatic heterocycles. The molecule has 5 nitrogen and oxygen atoms in total. The van der Waals surface area contributed by atoms with Gasteiger partial charge < -0.3 is 4.74 Å².